The number of primary amides is 1. The number of halogens is 2. The molecule has 0 heterocycles. The van der Waals surface area contributed by atoms with Crippen molar-refractivity contribution in [1.29, 1.82) is 0 Å². The Kier molecular flexibility index (Phi) is 16.2. The molecule has 1 amide bonds. The molecule has 0 aromatic carbocycles. The standard InChI is InChI=1S/C15H23N.C9H20N2.C7H11F2NO/c1-2-16(15-11-6-12-15)13-7-10-14-8-4-3-5-9-14;1-6-11(9(2)3)8-7-10(4)5;8-7(9)3-1-5(2-4-7)6(10)11/h2,4,8-9,15H,1,3,5-7,10-13H2;6,9H,1,7-8H2,2-5H3;5H,1-4H2,(H2,10,11). The number of allylic oxidation sites excluding steroid dienone is 4. The van der Waals surface area contributed by atoms with Crippen molar-refractivity contribution < 1.29 is 13.6 Å². The lowest BCUT2D eigenvalue weighted by Gasteiger charge is -2.36. The molecule has 0 radical (unpaired) electrons. The lowest BCUT2D eigenvalue weighted by molar-refractivity contribution is -0.125. The van der Waals surface area contributed by atoms with Gasteiger partial charge in [0.05, 0.1) is 0 Å². The average molecular weight is 537 g/mol. The van der Waals surface area contributed by atoms with Crippen LogP contribution in [0.4, 0.5) is 8.78 Å². The van der Waals surface area contributed by atoms with Crippen molar-refractivity contribution in [2.75, 3.05) is 33.7 Å². The molecule has 0 atom stereocenters. The highest BCUT2D eigenvalue weighted by molar-refractivity contribution is 5.76. The summed E-state index contributed by atoms with van der Waals surface area (Å²) in [5.74, 6) is -3.33. The largest absolute Gasteiger partial charge is 0.375 e. The summed E-state index contributed by atoms with van der Waals surface area (Å²) in [6.45, 7) is 15.4. The molecular weight excluding hydrogens is 482 g/mol. The molecule has 0 bridgehead atoms. The molecule has 218 valence electrons. The van der Waals surface area contributed by atoms with Gasteiger partial charge in [-0.05, 0) is 98.1 Å². The number of nitrogens with two attached hydrogens (primary N) is 1. The van der Waals surface area contributed by atoms with Crippen molar-refractivity contribution >= 4 is 5.91 Å². The van der Waals surface area contributed by atoms with Crippen LogP contribution in [0.1, 0.15) is 84.5 Å². The summed E-state index contributed by atoms with van der Waals surface area (Å²) in [5.41, 5.74) is 6.50. The molecule has 5 nitrogen and oxygen atoms in total. The van der Waals surface area contributed by atoms with Gasteiger partial charge in [-0.1, -0.05) is 37.0 Å². The van der Waals surface area contributed by atoms with E-state index in [1.165, 1.54) is 57.1 Å². The van der Waals surface area contributed by atoms with Crippen LogP contribution in [0.15, 0.2) is 49.4 Å². The van der Waals surface area contributed by atoms with Gasteiger partial charge in [0, 0.05) is 50.5 Å². The third kappa shape index (κ3) is 14.1. The first-order valence-corrected chi connectivity index (χ1v) is 14.4. The van der Waals surface area contributed by atoms with E-state index in [9.17, 15) is 13.6 Å². The van der Waals surface area contributed by atoms with E-state index in [1.807, 2.05) is 12.4 Å². The molecule has 0 aliphatic heterocycles. The van der Waals surface area contributed by atoms with Crippen molar-refractivity contribution in [2.24, 2.45) is 11.7 Å². The van der Waals surface area contributed by atoms with Crippen LogP contribution in [-0.4, -0.2) is 72.3 Å². The maximum Gasteiger partial charge on any atom is 0.248 e. The van der Waals surface area contributed by atoms with Crippen LogP contribution >= 0.6 is 0 Å². The molecule has 2 N–H and O–H groups in total. The Bertz CT molecular complexity index is 749. The summed E-state index contributed by atoms with van der Waals surface area (Å²) in [7, 11) is 4.17. The van der Waals surface area contributed by atoms with Gasteiger partial charge in [0.25, 0.3) is 0 Å². The highest BCUT2D eigenvalue weighted by Crippen LogP contribution is 2.35. The topological polar surface area (TPSA) is 52.8 Å². The molecule has 3 rings (SSSR count). The fourth-order valence-corrected chi connectivity index (χ4v) is 4.66. The first kappa shape index (κ1) is 33.9. The number of carbonyl (C=O) groups excluding carboxylic acids is 1. The van der Waals surface area contributed by atoms with Crippen molar-refractivity contribution in [1.82, 2.24) is 14.7 Å². The molecule has 38 heavy (non-hydrogen) atoms. The first-order chi connectivity index (χ1) is 18.0. The van der Waals surface area contributed by atoms with Gasteiger partial charge in [0.15, 0.2) is 0 Å². The van der Waals surface area contributed by atoms with E-state index in [0.29, 0.717) is 6.04 Å². The summed E-state index contributed by atoms with van der Waals surface area (Å²) in [6, 6.07) is 1.36. The Morgan fingerprint density at radius 3 is 2.16 bits per heavy atom. The van der Waals surface area contributed by atoms with Gasteiger partial charge in [-0.25, -0.2) is 8.78 Å². The zero-order valence-corrected chi connectivity index (χ0v) is 24.5. The van der Waals surface area contributed by atoms with E-state index >= 15 is 0 Å². The third-order valence-electron chi connectivity index (χ3n) is 7.55. The maximum atomic E-state index is 12.5. The van der Waals surface area contributed by atoms with E-state index < -0.39 is 11.8 Å². The lowest BCUT2D eigenvalue weighted by Crippen LogP contribution is -2.36. The van der Waals surface area contributed by atoms with E-state index in [-0.39, 0.29) is 31.6 Å². The zero-order chi connectivity index (χ0) is 28.6. The van der Waals surface area contributed by atoms with Gasteiger partial charge in [0.1, 0.15) is 0 Å². The third-order valence-corrected chi connectivity index (χ3v) is 7.55. The summed E-state index contributed by atoms with van der Waals surface area (Å²) in [5, 5.41) is 0. The SMILES string of the molecule is C=CN(CCCC1=CCCC=C1)C1CCC1.C=CN(CCN(C)C)C(C)C.NC(=O)C1CCC(F)(F)CC1. The number of alkyl halides is 2. The Morgan fingerprint density at radius 2 is 1.74 bits per heavy atom. The van der Waals surface area contributed by atoms with E-state index in [1.54, 1.807) is 0 Å². The Balaban J connectivity index is 0.000000295. The molecule has 0 aromatic heterocycles. The first-order valence-electron chi connectivity index (χ1n) is 14.4. The van der Waals surface area contributed by atoms with Gasteiger partial charge in [-0.2, -0.15) is 0 Å². The zero-order valence-electron chi connectivity index (χ0n) is 24.5. The minimum atomic E-state index is -2.56. The average Bonchev–Trinajstić information content (AvgIpc) is 2.83. The van der Waals surface area contributed by atoms with Crippen LogP contribution < -0.4 is 5.73 Å². The van der Waals surface area contributed by atoms with Crippen LogP contribution in [0.2, 0.25) is 0 Å². The highest BCUT2D eigenvalue weighted by Gasteiger charge is 2.36. The van der Waals surface area contributed by atoms with Crippen LogP contribution in [0.25, 0.3) is 0 Å². The minimum Gasteiger partial charge on any atom is -0.375 e. The van der Waals surface area contributed by atoms with E-state index in [2.05, 4.69) is 74.0 Å². The molecule has 3 aliphatic carbocycles. The second kappa shape index (κ2) is 18.2. The fraction of sp³-hybridized carbons (Fsp3) is 0.710. The van der Waals surface area contributed by atoms with E-state index in [4.69, 9.17) is 5.73 Å². The van der Waals surface area contributed by atoms with Crippen LogP contribution in [0, 0.1) is 5.92 Å². The van der Waals surface area contributed by atoms with Crippen molar-refractivity contribution in [3.05, 3.63) is 49.4 Å². The molecular formula is C31H54F2N4O. The van der Waals surface area contributed by atoms with Crippen molar-refractivity contribution in [3.8, 4) is 0 Å². The number of likely N-dealkylation sites (N-methyl/N-ethyl adjacent to an activating group) is 1. The number of carbonyl (C=O) groups is 1. The lowest BCUT2D eigenvalue weighted by atomic mass is 9.86. The van der Waals surface area contributed by atoms with Gasteiger partial charge in [0.2, 0.25) is 11.8 Å². The molecule has 3 aliphatic rings. The maximum absolute atomic E-state index is 12.5. The van der Waals surface area contributed by atoms with Crippen LogP contribution in [-0.2, 0) is 4.79 Å². The van der Waals surface area contributed by atoms with Gasteiger partial charge in [-0.15, -0.1) is 0 Å². The molecule has 2 fully saturated rings. The predicted molar refractivity (Wildman–Crippen MR) is 157 cm³/mol. The Morgan fingerprint density at radius 1 is 1.08 bits per heavy atom. The predicted octanol–water partition coefficient (Wildman–Crippen LogP) is 6.74. The van der Waals surface area contributed by atoms with Crippen LogP contribution in [0.3, 0.4) is 0 Å². The molecule has 7 heteroatoms. The van der Waals surface area contributed by atoms with Gasteiger partial charge in [-0.3, -0.25) is 4.79 Å². The normalized spacial score (nSPS) is 18.8. The van der Waals surface area contributed by atoms with Crippen LogP contribution in [0.5, 0.6) is 0 Å². The summed E-state index contributed by atoms with van der Waals surface area (Å²) < 4.78 is 25.0. The summed E-state index contributed by atoms with van der Waals surface area (Å²) in [4.78, 5) is 17.4. The monoisotopic (exact) mass is 536 g/mol. The number of hydrogen-bond acceptors (Lipinski definition) is 4. The summed E-state index contributed by atoms with van der Waals surface area (Å²) in [6.07, 6.45) is 20.1. The second-order valence-corrected chi connectivity index (χ2v) is 11.2. The smallest absolute Gasteiger partial charge is 0.248 e. The quantitative estimate of drug-likeness (QED) is 0.300. The van der Waals surface area contributed by atoms with Crippen molar-refractivity contribution in [2.45, 2.75) is 102 Å². The van der Waals surface area contributed by atoms with E-state index in [0.717, 1.165) is 19.1 Å². The van der Waals surface area contributed by atoms with Gasteiger partial charge < -0.3 is 20.4 Å². The Labute approximate surface area is 231 Å². The minimum absolute atomic E-state index is 0.194. The molecule has 0 saturated heterocycles. The molecule has 2 saturated carbocycles. The fourth-order valence-electron chi connectivity index (χ4n) is 4.66. The number of rotatable bonds is 12. The summed E-state index contributed by atoms with van der Waals surface area (Å²) >= 11 is 0. The number of hydrogen-bond donors (Lipinski definition) is 1. The molecule has 0 spiro atoms. The van der Waals surface area contributed by atoms with Gasteiger partial charge >= 0.3 is 0 Å². The highest BCUT2D eigenvalue weighted by atomic mass is 19.3. The second-order valence-electron chi connectivity index (χ2n) is 11.2. The Hall–Kier alpha value is -2.15. The number of amides is 1. The molecule has 0 unspecified atom stereocenters. The van der Waals surface area contributed by atoms with Crippen molar-refractivity contribution in [3.63, 3.8) is 0 Å². The molecule has 0 aromatic rings. The number of nitrogens with zero attached hydrogens (tertiary/aromatic N) is 3.